The van der Waals surface area contributed by atoms with E-state index in [2.05, 4.69) is 0 Å². The van der Waals surface area contributed by atoms with Crippen molar-refractivity contribution in [2.45, 2.75) is 11.3 Å². The van der Waals surface area contributed by atoms with Crippen LogP contribution in [0.4, 0.5) is 5.69 Å². The number of benzene rings is 1. The van der Waals surface area contributed by atoms with Gasteiger partial charge in [0.05, 0.1) is 11.6 Å². The molecule has 0 atom stereocenters. The number of hydrogen-bond donors (Lipinski definition) is 1. The van der Waals surface area contributed by atoms with Crippen LogP contribution in [0.15, 0.2) is 23.1 Å². The Morgan fingerprint density at radius 1 is 1.29 bits per heavy atom. The Morgan fingerprint density at radius 2 is 2.12 bits per heavy atom. The molecule has 0 bridgehead atoms. The lowest BCUT2D eigenvalue weighted by Gasteiger charge is -2.06. The maximum atomic E-state index is 6.05. The molecule has 0 heterocycles. The predicted octanol–water partition coefficient (Wildman–Crippen LogP) is 3.07. The molecule has 0 saturated carbocycles. The Bertz CT molecular complexity index is 336. The summed E-state index contributed by atoms with van der Waals surface area (Å²) in [5.74, 6) is 0.886. The van der Waals surface area contributed by atoms with Crippen LogP contribution in [0.3, 0.4) is 0 Å². The van der Waals surface area contributed by atoms with Gasteiger partial charge in [0, 0.05) is 36.7 Å². The summed E-state index contributed by atoms with van der Waals surface area (Å²) >= 11 is 7.73. The fraction of sp³-hybridized carbons (Fsp3) is 0.500. The van der Waals surface area contributed by atoms with E-state index in [1.165, 1.54) is 0 Å². The Balaban J connectivity index is 2.14. The van der Waals surface area contributed by atoms with Crippen LogP contribution in [0.25, 0.3) is 0 Å². The van der Waals surface area contributed by atoms with E-state index < -0.39 is 0 Å². The van der Waals surface area contributed by atoms with Gasteiger partial charge < -0.3 is 15.2 Å². The summed E-state index contributed by atoms with van der Waals surface area (Å²) in [5.41, 5.74) is 6.31. The molecular formula is C12H18ClNO2S. The van der Waals surface area contributed by atoms with Crippen molar-refractivity contribution in [1.82, 2.24) is 0 Å². The van der Waals surface area contributed by atoms with E-state index in [9.17, 15) is 0 Å². The highest BCUT2D eigenvalue weighted by molar-refractivity contribution is 7.99. The number of nitrogens with two attached hydrogens (primary N) is 1. The second-order valence-corrected chi connectivity index (χ2v) is 5.04. The van der Waals surface area contributed by atoms with Crippen LogP contribution in [0.2, 0.25) is 5.02 Å². The van der Waals surface area contributed by atoms with E-state index in [0.717, 1.165) is 36.9 Å². The molecule has 96 valence electrons. The summed E-state index contributed by atoms with van der Waals surface area (Å²) in [7, 11) is 1.69. The van der Waals surface area contributed by atoms with Crippen LogP contribution >= 0.6 is 23.4 Å². The van der Waals surface area contributed by atoms with Crippen LogP contribution in [0.5, 0.6) is 0 Å². The van der Waals surface area contributed by atoms with Crippen LogP contribution in [-0.4, -0.2) is 32.7 Å². The molecule has 0 unspecified atom stereocenters. The first kappa shape index (κ1) is 14.6. The van der Waals surface area contributed by atoms with E-state index >= 15 is 0 Å². The lowest BCUT2D eigenvalue weighted by Crippen LogP contribution is -2.02. The number of nitrogen functional groups attached to an aromatic ring is 1. The number of ether oxygens (including phenoxy) is 2. The summed E-state index contributed by atoms with van der Waals surface area (Å²) in [6.45, 7) is 2.20. The van der Waals surface area contributed by atoms with Gasteiger partial charge in [-0.25, -0.2) is 0 Å². The third kappa shape index (κ3) is 6.17. The number of halogens is 1. The highest BCUT2D eigenvalue weighted by Gasteiger charge is 2.01. The van der Waals surface area contributed by atoms with Gasteiger partial charge in [0.25, 0.3) is 0 Å². The molecule has 0 radical (unpaired) electrons. The molecule has 0 saturated heterocycles. The molecule has 1 aromatic carbocycles. The zero-order valence-corrected chi connectivity index (χ0v) is 11.5. The molecule has 17 heavy (non-hydrogen) atoms. The van der Waals surface area contributed by atoms with Gasteiger partial charge in [-0.2, -0.15) is 0 Å². The van der Waals surface area contributed by atoms with E-state index in [0.29, 0.717) is 10.7 Å². The van der Waals surface area contributed by atoms with E-state index in [1.54, 1.807) is 24.9 Å². The topological polar surface area (TPSA) is 44.5 Å². The summed E-state index contributed by atoms with van der Waals surface area (Å²) in [5, 5.41) is 0.703. The summed E-state index contributed by atoms with van der Waals surface area (Å²) in [6.07, 6.45) is 0.934. The molecule has 0 amide bonds. The van der Waals surface area contributed by atoms with Crippen molar-refractivity contribution in [3.63, 3.8) is 0 Å². The van der Waals surface area contributed by atoms with Crippen molar-refractivity contribution in [2.24, 2.45) is 0 Å². The minimum Gasteiger partial charge on any atom is -0.399 e. The normalized spacial score (nSPS) is 10.7. The second-order valence-electron chi connectivity index (χ2n) is 3.50. The van der Waals surface area contributed by atoms with Crippen molar-refractivity contribution in [2.75, 3.05) is 38.4 Å². The highest BCUT2D eigenvalue weighted by atomic mass is 35.5. The highest BCUT2D eigenvalue weighted by Crippen LogP contribution is 2.28. The van der Waals surface area contributed by atoms with Crippen molar-refractivity contribution in [3.8, 4) is 0 Å². The Hall–Kier alpha value is -0.420. The lowest BCUT2D eigenvalue weighted by atomic mass is 10.3. The lowest BCUT2D eigenvalue weighted by molar-refractivity contribution is 0.113. The average Bonchev–Trinajstić information content (AvgIpc) is 2.30. The number of anilines is 1. The predicted molar refractivity (Wildman–Crippen MR) is 73.9 cm³/mol. The SMILES string of the molecule is COCCCOCCSc1ccc(N)cc1Cl. The van der Waals surface area contributed by atoms with Gasteiger partial charge in [-0.3, -0.25) is 0 Å². The minimum absolute atomic E-state index is 0.690. The first-order chi connectivity index (χ1) is 8.24. The third-order valence-corrected chi connectivity index (χ3v) is 3.54. The van der Waals surface area contributed by atoms with Gasteiger partial charge in [-0.15, -0.1) is 11.8 Å². The minimum atomic E-state index is 0.690. The number of rotatable bonds is 8. The molecule has 0 aliphatic carbocycles. The summed E-state index contributed by atoms with van der Waals surface area (Å²) < 4.78 is 10.4. The van der Waals surface area contributed by atoms with Gasteiger partial charge >= 0.3 is 0 Å². The van der Waals surface area contributed by atoms with Gasteiger partial charge in [0.15, 0.2) is 0 Å². The summed E-state index contributed by atoms with van der Waals surface area (Å²) in [6, 6.07) is 5.56. The van der Waals surface area contributed by atoms with E-state index in [1.807, 2.05) is 12.1 Å². The van der Waals surface area contributed by atoms with E-state index in [4.69, 9.17) is 26.8 Å². The van der Waals surface area contributed by atoms with Crippen molar-refractivity contribution >= 4 is 29.1 Å². The van der Waals surface area contributed by atoms with Crippen molar-refractivity contribution in [3.05, 3.63) is 23.2 Å². The number of hydrogen-bond acceptors (Lipinski definition) is 4. The second kappa shape index (κ2) is 8.64. The van der Waals surface area contributed by atoms with Crippen LogP contribution in [-0.2, 0) is 9.47 Å². The first-order valence-corrected chi connectivity index (χ1v) is 6.85. The Kier molecular flexibility index (Phi) is 7.44. The zero-order valence-electron chi connectivity index (χ0n) is 9.95. The molecule has 2 N–H and O–H groups in total. The van der Waals surface area contributed by atoms with Gasteiger partial charge in [-0.05, 0) is 24.6 Å². The first-order valence-electron chi connectivity index (χ1n) is 5.48. The van der Waals surface area contributed by atoms with Gasteiger partial charge in [0.1, 0.15) is 0 Å². The fourth-order valence-corrected chi connectivity index (χ4v) is 2.39. The largest absolute Gasteiger partial charge is 0.399 e. The molecule has 5 heteroatoms. The van der Waals surface area contributed by atoms with E-state index in [-0.39, 0.29) is 0 Å². The quantitative estimate of drug-likeness (QED) is 0.450. The summed E-state index contributed by atoms with van der Waals surface area (Å²) in [4.78, 5) is 1.04. The molecule has 0 aromatic heterocycles. The Labute approximate surface area is 112 Å². The molecule has 0 fully saturated rings. The number of methoxy groups -OCH3 is 1. The Morgan fingerprint density at radius 3 is 2.82 bits per heavy atom. The zero-order chi connectivity index (χ0) is 12.5. The van der Waals surface area contributed by atoms with Crippen molar-refractivity contribution < 1.29 is 9.47 Å². The van der Waals surface area contributed by atoms with Gasteiger partial charge in [-0.1, -0.05) is 11.6 Å². The molecule has 0 aliphatic rings. The standard InChI is InChI=1S/C12H18ClNO2S/c1-15-5-2-6-16-7-8-17-12-4-3-10(14)9-11(12)13/h3-4,9H,2,5-8,14H2,1H3. The van der Waals surface area contributed by atoms with Gasteiger partial charge in [0.2, 0.25) is 0 Å². The van der Waals surface area contributed by atoms with Crippen LogP contribution in [0.1, 0.15) is 6.42 Å². The third-order valence-electron chi connectivity index (χ3n) is 2.08. The fourth-order valence-electron chi connectivity index (χ4n) is 1.25. The molecule has 1 aromatic rings. The van der Waals surface area contributed by atoms with Crippen LogP contribution < -0.4 is 5.73 Å². The average molecular weight is 276 g/mol. The van der Waals surface area contributed by atoms with Crippen molar-refractivity contribution in [1.29, 1.82) is 0 Å². The molecule has 3 nitrogen and oxygen atoms in total. The number of thioether (sulfide) groups is 1. The molecular weight excluding hydrogens is 258 g/mol. The monoisotopic (exact) mass is 275 g/mol. The van der Waals surface area contributed by atoms with Crippen LogP contribution in [0, 0.1) is 0 Å². The molecule has 0 aliphatic heterocycles. The maximum absolute atomic E-state index is 6.05. The molecule has 1 rings (SSSR count). The smallest absolute Gasteiger partial charge is 0.0562 e. The maximum Gasteiger partial charge on any atom is 0.0562 e. The molecule has 0 spiro atoms.